The molecule has 0 spiro atoms. The minimum atomic E-state index is -2.03. The van der Waals surface area contributed by atoms with Crippen LogP contribution in [0.25, 0.3) is 0 Å². The van der Waals surface area contributed by atoms with Crippen LogP contribution in [0.4, 0.5) is 0 Å². The Balaban J connectivity index is 1.79. The standard InChI is InChI=1S/C66H89O6P/c1-17-33-67-59-32-31-46-39-54(64(8,9)10)41-48(60(46)68-34-18-2)37-49-42-55(65(11,12)13)43-50(61(49)69-35-19-3)38-52-45-56(66(14,15)16)44-51(36-47(59)40-53(20-4)63(5,6)7)62(52)72-73(70-57-27-23-21-24-28-57)71-58-29-25-22-26-30-58/h21-30,39-45H,17-20,31-38H2,1-16H3. The predicted octanol–water partition coefficient (Wildman–Crippen LogP) is 18.7. The second-order valence-electron chi connectivity index (χ2n) is 24.0. The number of rotatable bonds is 17. The molecule has 0 amide bonds. The van der Waals surface area contributed by atoms with Crippen LogP contribution < -0.4 is 23.0 Å². The number of hydrogen-bond donors (Lipinski definition) is 0. The molecule has 5 aromatic rings. The van der Waals surface area contributed by atoms with E-state index < -0.39 is 8.60 Å². The Morgan fingerprint density at radius 1 is 0.452 bits per heavy atom. The fourth-order valence-corrected chi connectivity index (χ4v) is 10.4. The first-order chi connectivity index (χ1) is 34.5. The molecule has 0 aliphatic heterocycles. The minimum Gasteiger partial charge on any atom is -0.498 e. The molecule has 7 heteroatoms. The van der Waals surface area contributed by atoms with E-state index >= 15 is 0 Å². The number of para-hydroxylation sites is 2. The van der Waals surface area contributed by atoms with Gasteiger partial charge in [0.2, 0.25) is 0 Å². The highest BCUT2D eigenvalue weighted by atomic mass is 31.2. The van der Waals surface area contributed by atoms with Crippen LogP contribution in [0.3, 0.4) is 0 Å². The third-order valence-electron chi connectivity index (χ3n) is 13.5. The molecule has 1 aliphatic rings. The summed E-state index contributed by atoms with van der Waals surface area (Å²) in [6.07, 6.45) is 9.23. The van der Waals surface area contributed by atoms with E-state index in [2.05, 4.69) is 153 Å². The van der Waals surface area contributed by atoms with Crippen molar-refractivity contribution in [2.24, 2.45) is 5.41 Å². The van der Waals surface area contributed by atoms with Crippen LogP contribution in [0.1, 0.15) is 193 Å². The van der Waals surface area contributed by atoms with Crippen molar-refractivity contribution >= 4 is 8.60 Å². The summed E-state index contributed by atoms with van der Waals surface area (Å²) in [7, 11) is -2.03. The molecule has 1 aliphatic carbocycles. The Hall–Kier alpha value is -5.19. The van der Waals surface area contributed by atoms with Gasteiger partial charge in [0.25, 0.3) is 0 Å². The molecule has 0 fully saturated rings. The third-order valence-corrected chi connectivity index (χ3v) is 14.6. The highest BCUT2D eigenvalue weighted by Crippen LogP contribution is 2.48. The van der Waals surface area contributed by atoms with Crippen LogP contribution in [0.5, 0.6) is 28.7 Å². The highest BCUT2D eigenvalue weighted by Gasteiger charge is 2.31. The molecule has 0 unspecified atom stereocenters. The van der Waals surface area contributed by atoms with Crippen LogP contribution >= 0.6 is 8.60 Å². The summed E-state index contributed by atoms with van der Waals surface area (Å²) < 4.78 is 42.1. The Kier molecular flexibility index (Phi) is 19.5. The van der Waals surface area contributed by atoms with Crippen molar-refractivity contribution in [3.05, 3.63) is 170 Å². The maximum Gasteiger partial charge on any atom is 0.530 e. The van der Waals surface area contributed by atoms with Crippen molar-refractivity contribution in [1.82, 2.24) is 0 Å². The van der Waals surface area contributed by atoms with Gasteiger partial charge in [0.1, 0.15) is 28.7 Å². The van der Waals surface area contributed by atoms with Gasteiger partial charge in [-0.25, -0.2) is 0 Å². The van der Waals surface area contributed by atoms with Crippen molar-refractivity contribution in [2.75, 3.05) is 19.8 Å². The molecule has 6 rings (SSSR count). The van der Waals surface area contributed by atoms with E-state index in [1.807, 2.05) is 60.7 Å². The summed E-state index contributed by atoms with van der Waals surface area (Å²) in [6, 6.07) is 34.1. The molecule has 0 aromatic heterocycles. The van der Waals surface area contributed by atoms with Crippen LogP contribution in [-0.2, 0) is 46.7 Å². The molecule has 73 heavy (non-hydrogen) atoms. The fourth-order valence-electron chi connectivity index (χ4n) is 9.27. The smallest absolute Gasteiger partial charge is 0.498 e. The molecule has 0 saturated heterocycles. The molecule has 394 valence electrons. The van der Waals surface area contributed by atoms with Crippen molar-refractivity contribution in [1.29, 1.82) is 0 Å². The number of benzene rings is 5. The van der Waals surface area contributed by atoms with Crippen molar-refractivity contribution < 1.29 is 27.8 Å². The molecule has 0 atom stereocenters. The van der Waals surface area contributed by atoms with Crippen molar-refractivity contribution in [2.45, 2.75) is 185 Å². The normalized spacial score (nSPS) is 14.0. The summed E-state index contributed by atoms with van der Waals surface area (Å²) in [6.45, 7) is 38.5. The third kappa shape index (κ3) is 15.7. The van der Waals surface area contributed by atoms with Gasteiger partial charge in [-0.05, 0) is 134 Å². The average Bonchev–Trinajstić information content (AvgIpc) is 3.32. The zero-order chi connectivity index (χ0) is 53.1. The van der Waals surface area contributed by atoms with Gasteiger partial charge < -0.3 is 27.8 Å². The Labute approximate surface area is 443 Å². The molecule has 0 saturated carbocycles. The molecule has 6 nitrogen and oxygen atoms in total. The zero-order valence-corrected chi connectivity index (χ0v) is 48.6. The van der Waals surface area contributed by atoms with Gasteiger partial charge in [-0.3, -0.25) is 0 Å². The number of aryl methyl sites for hydroxylation is 1. The minimum absolute atomic E-state index is 0.0756. The maximum absolute atomic E-state index is 7.46. The van der Waals surface area contributed by atoms with Gasteiger partial charge in [0, 0.05) is 25.7 Å². The van der Waals surface area contributed by atoms with E-state index in [1.165, 1.54) is 33.4 Å². The fraction of sp³-hybridized carbons (Fsp3) is 0.485. The van der Waals surface area contributed by atoms with Crippen molar-refractivity contribution in [3.63, 3.8) is 0 Å². The van der Waals surface area contributed by atoms with Crippen LogP contribution in [0, 0.1) is 5.41 Å². The topological polar surface area (TPSA) is 55.4 Å². The largest absolute Gasteiger partial charge is 0.530 e. The highest BCUT2D eigenvalue weighted by molar-refractivity contribution is 7.43. The molecule has 6 bridgehead atoms. The van der Waals surface area contributed by atoms with Crippen LogP contribution in [0.15, 0.2) is 120 Å². The van der Waals surface area contributed by atoms with Gasteiger partial charge in [-0.1, -0.05) is 195 Å². The SMILES string of the molecule is CCCOC1=C(C=C(CC)C(C)(C)C)Cc2cc(C(C)(C)C)cc(c2OP(Oc2ccccc2)Oc2ccccc2)Cc2cc(C(C)(C)C)cc(c2OCCC)Cc2cc(C(C)(C)C)cc(c2OCCC)CC1. The lowest BCUT2D eigenvalue weighted by Crippen LogP contribution is -2.17. The first kappa shape index (κ1) is 57.1. The van der Waals surface area contributed by atoms with Gasteiger partial charge in [-0.15, -0.1) is 0 Å². The first-order valence-electron chi connectivity index (χ1n) is 27.3. The average molecular weight is 1010 g/mol. The Morgan fingerprint density at radius 3 is 1.23 bits per heavy atom. The second kappa shape index (κ2) is 24.9. The predicted molar refractivity (Wildman–Crippen MR) is 307 cm³/mol. The molecular weight excluding hydrogens is 920 g/mol. The summed E-state index contributed by atoms with van der Waals surface area (Å²) in [5.74, 6) is 5.01. The Morgan fingerprint density at radius 2 is 0.836 bits per heavy atom. The first-order valence-corrected chi connectivity index (χ1v) is 28.4. The van der Waals surface area contributed by atoms with Gasteiger partial charge in [0.05, 0.1) is 25.6 Å². The zero-order valence-electron chi connectivity index (χ0n) is 47.7. The molecule has 0 heterocycles. The summed E-state index contributed by atoms with van der Waals surface area (Å²) in [4.78, 5) is 0. The summed E-state index contributed by atoms with van der Waals surface area (Å²) >= 11 is 0. The van der Waals surface area contributed by atoms with E-state index in [0.717, 1.165) is 82.9 Å². The van der Waals surface area contributed by atoms with Gasteiger partial charge in [-0.2, -0.15) is 0 Å². The second-order valence-corrected chi connectivity index (χ2v) is 25.0. The summed E-state index contributed by atoms with van der Waals surface area (Å²) in [5, 5.41) is 0. The number of fused-ring (bicyclic) bond motifs is 6. The Bertz CT molecular complexity index is 2610. The van der Waals surface area contributed by atoms with Gasteiger partial charge >= 0.3 is 8.60 Å². The van der Waals surface area contributed by atoms with Crippen molar-refractivity contribution in [3.8, 4) is 28.7 Å². The van der Waals surface area contributed by atoms with E-state index in [9.17, 15) is 0 Å². The van der Waals surface area contributed by atoms with Crippen LogP contribution in [-0.4, -0.2) is 19.8 Å². The van der Waals surface area contributed by atoms with Crippen LogP contribution in [0.2, 0.25) is 0 Å². The number of hydrogen-bond acceptors (Lipinski definition) is 6. The molecular formula is C66H89O6P. The monoisotopic (exact) mass is 1010 g/mol. The number of allylic oxidation sites excluding steroid dienone is 4. The quantitative estimate of drug-likeness (QED) is 0.0865. The van der Waals surface area contributed by atoms with Gasteiger partial charge in [0.15, 0.2) is 0 Å². The van der Waals surface area contributed by atoms with E-state index in [-0.39, 0.29) is 21.7 Å². The molecule has 0 N–H and O–H groups in total. The van der Waals surface area contributed by atoms with E-state index in [4.69, 9.17) is 27.8 Å². The van der Waals surface area contributed by atoms with E-state index in [1.54, 1.807) is 0 Å². The summed E-state index contributed by atoms with van der Waals surface area (Å²) in [5.41, 5.74) is 12.5. The van der Waals surface area contributed by atoms with E-state index in [0.29, 0.717) is 57.0 Å². The lowest BCUT2D eigenvalue weighted by atomic mass is 9.79. The maximum atomic E-state index is 7.46. The number of ether oxygens (including phenoxy) is 3. The lowest BCUT2D eigenvalue weighted by Gasteiger charge is -2.29. The lowest BCUT2D eigenvalue weighted by molar-refractivity contribution is 0.199. The molecule has 5 aromatic carbocycles. The molecule has 0 radical (unpaired) electrons.